The third-order valence-electron chi connectivity index (χ3n) is 11.5. The van der Waals surface area contributed by atoms with Crippen LogP contribution in [-0.4, -0.2) is 113 Å². The number of carbonyl (C=O) groups excluding carboxylic acids is 7. The van der Waals surface area contributed by atoms with Crippen molar-refractivity contribution in [1.82, 2.24) is 36.3 Å². The van der Waals surface area contributed by atoms with E-state index in [2.05, 4.69) is 26.5 Å². The highest BCUT2D eigenvalue weighted by molar-refractivity contribution is 7.09. The molecule has 5 amide bonds. The Bertz CT molecular complexity index is 1880. The molecule has 0 spiro atoms. The Morgan fingerprint density at radius 3 is 2.26 bits per heavy atom. The van der Waals surface area contributed by atoms with Crippen molar-refractivity contribution in [3.63, 3.8) is 0 Å². The Balaban J connectivity index is 1.93. The highest BCUT2D eigenvalue weighted by Gasteiger charge is 2.39. The predicted octanol–water partition coefficient (Wildman–Crippen LogP) is 5.55. The summed E-state index contributed by atoms with van der Waals surface area (Å²) in [6, 6.07) is 3.78. The summed E-state index contributed by atoms with van der Waals surface area (Å²) in [5, 5.41) is 17.7. The van der Waals surface area contributed by atoms with Gasteiger partial charge in [0.05, 0.1) is 12.6 Å². The van der Waals surface area contributed by atoms with Gasteiger partial charge in [0.2, 0.25) is 17.7 Å². The molecule has 362 valence electrons. The first-order valence-electron chi connectivity index (χ1n) is 22.8. The maximum atomic E-state index is 14.8. The molecule has 3 rings (SSSR count). The topological polar surface area (TPSA) is 235 Å². The first-order chi connectivity index (χ1) is 30.9. The molecule has 19 heteroatoms. The number of hydrazine groups is 1. The molecule has 0 saturated carbocycles. The maximum absolute atomic E-state index is 14.8. The van der Waals surface area contributed by atoms with Gasteiger partial charge in [-0.1, -0.05) is 73.4 Å². The average molecular weight is 930 g/mol. The van der Waals surface area contributed by atoms with Gasteiger partial charge in [-0.3, -0.25) is 39.1 Å². The van der Waals surface area contributed by atoms with Gasteiger partial charge in [-0.05, 0) is 81.6 Å². The van der Waals surface area contributed by atoms with Gasteiger partial charge in [-0.2, -0.15) is 0 Å². The molecule has 1 aromatic heterocycles. The van der Waals surface area contributed by atoms with Gasteiger partial charge >= 0.3 is 18.0 Å². The predicted molar refractivity (Wildman–Crippen MR) is 244 cm³/mol. The minimum Gasteiger partial charge on any atom is -0.508 e. The standard InChI is InChI=1S/C46H71N7O11S/c1-10-15-39(56)63-27-53(45(60)40(29(6)12-3)49-43(59)36-16-13-14-21-52(36)9)37(28(4)5)25-38(64-31(8)54)44-48-35(26-65-44)42(58)47-33(24-32-17-19-34(55)20-18-32)23-30(7)41(57)50-51-46(61)62-22-11-2/h17-20,26,28-30,33,36-38,40,55H,10-16,21-25,27H2,1-9H3,(H,47,58)(H,49,59)(H,50,57)(H,51,61)/t29?,30-,33+,36+,37+,38+,40-/m0/s1. The second-order valence-electron chi connectivity index (χ2n) is 17.2. The molecule has 1 aliphatic rings. The highest BCUT2D eigenvalue weighted by Crippen LogP contribution is 2.32. The van der Waals surface area contributed by atoms with E-state index in [-0.39, 0.29) is 72.5 Å². The minimum atomic E-state index is -1.03. The number of benzene rings is 1. The fourth-order valence-electron chi connectivity index (χ4n) is 7.55. The van der Waals surface area contributed by atoms with Crippen LogP contribution in [0.2, 0.25) is 0 Å². The Morgan fingerprint density at radius 1 is 0.938 bits per heavy atom. The number of phenols is 1. The fraction of sp³-hybridized carbons (Fsp3) is 0.652. The second-order valence-corrected chi connectivity index (χ2v) is 18.1. The molecule has 0 radical (unpaired) electrons. The third kappa shape index (κ3) is 17.5. The number of aromatic nitrogens is 1. The lowest BCUT2D eigenvalue weighted by atomic mass is 9.92. The number of nitrogens with one attached hydrogen (secondary N) is 4. The first-order valence-corrected chi connectivity index (χ1v) is 23.7. The van der Waals surface area contributed by atoms with Gasteiger partial charge in [0, 0.05) is 43.1 Å². The lowest BCUT2D eigenvalue weighted by Crippen LogP contribution is -2.59. The molecule has 1 aliphatic heterocycles. The number of thiazole rings is 1. The number of likely N-dealkylation sites (tertiary alicyclic amines) is 1. The van der Waals surface area contributed by atoms with E-state index < -0.39 is 72.6 Å². The van der Waals surface area contributed by atoms with Crippen molar-refractivity contribution in [2.45, 2.75) is 150 Å². The number of likely N-dealkylation sites (N-methyl/N-ethyl adjacent to an activating group) is 1. The Kier molecular flexibility index (Phi) is 22.6. The molecule has 5 N–H and O–H groups in total. The number of hydrogen-bond donors (Lipinski definition) is 5. The molecule has 0 bridgehead atoms. The van der Waals surface area contributed by atoms with Crippen LogP contribution in [-0.2, 0) is 44.6 Å². The zero-order valence-corrected chi connectivity index (χ0v) is 40.3. The number of amides is 5. The summed E-state index contributed by atoms with van der Waals surface area (Å²) < 4.78 is 16.5. The van der Waals surface area contributed by atoms with Crippen molar-refractivity contribution < 1.29 is 52.9 Å². The van der Waals surface area contributed by atoms with Crippen LogP contribution in [0.1, 0.15) is 140 Å². The van der Waals surface area contributed by atoms with Crippen molar-refractivity contribution in [3.8, 4) is 5.75 Å². The minimum absolute atomic E-state index is 0.0186. The molecule has 1 fully saturated rings. The summed E-state index contributed by atoms with van der Waals surface area (Å²) in [6.07, 6.45) is 3.01. The number of carbonyl (C=O) groups is 7. The van der Waals surface area contributed by atoms with Crippen LogP contribution in [0.4, 0.5) is 4.79 Å². The summed E-state index contributed by atoms with van der Waals surface area (Å²) in [5.41, 5.74) is 5.36. The summed E-state index contributed by atoms with van der Waals surface area (Å²) >= 11 is 1.09. The highest BCUT2D eigenvalue weighted by atomic mass is 32.1. The molecule has 65 heavy (non-hydrogen) atoms. The van der Waals surface area contributed by atoms with Crippen LogP contribution >= 0.6 is 11.3 Å². The van der Waals surface area contributed by atoms with Crippen molar-refractivity contribution in [2.75, 3.05) is 26.9 Å². The van der Waals surface area contributed by atoms with E-state index in [0.29, 0.717) is 25.7 Å². The normalized spacial score (nSPS) is 16.7. The number of esters is 2. The molecule has 2 heterocycles. The number of hydrogen-bond acceptors (Lipinski definition) is 14. The Morgan fingerprint density at radius 2 is 1.65 bits per heavy atom. The lowest BCUT2D eigenvalue weighted by Gasteiger charge is -2.39. The van der Waals surface area contributed by atoms with Gasteiger partial charge in [0.25, 0.3) is 5.91 Å². The van der Waals surface area contributed by atoms with Crippen LogP contribution in [0, 0.1) is 17.8 Å². The van der Waals surface area contributed by atoms with E-state index in [9.17, 15) is 38.7 Å². The van der Waals surface area contributed by atoms with Gasteiger partial charge in [-0.15, -0.1) is 11.3 Å². The van der Waals surface area contributed by atoms with Crippen LogP contribution in [0.5, 0.6) is 5.75 Å². The van der Waals surface area contributed by atoms with Crippen LogP contribution in [0.25, 0.3) is 0 Å². The van der Waals surface area contributed by atoms with Crippen molar-refractivity contribution >= 4 is 53.0 Å². The maximum Gasteiger partial charge on any atom is 0.426 e. The number of rotatable bonds is 24. The lowest BCUT2D eigenvalue weighted by molar-refractivity contribution is -0.160. The van der Waals surface area contributed by atoms with E-state index in [1.54, 1.807) is 19.1 Å². The Hall–Kier alpha value is -5.30. The van der Waals surface area contributed by atoms with E-state index in [1.807, 2.05) is 53.5 Å². The zero-order chi connectivity index (χ0) is 48.2. The summed E-state index contributed by atoms with van der Waals surface area (Å²) in [4.78, 5) is 101. The fourth-order valence-corrected chi connectivity index (χ4v) is 8.39. The summed E-state index contributed by atoms with van der Waals surface area (Å²) in [5.74, 6) is -4.06. The zero-order valence-electron chi connectivity index (χ0n) is 39.5. The average Bonchev–Trinajstić information content (AvgIpc) is 3.77. The number of phenolic OH excluding ortho intramolecular Hbond substituents is 1. The number of nitrogens with zero attached hydrogens (tertiary/aromatic N) is 3. The Labute approximate surface area is 387 Å². The van der Waals surface area contributed by atoms with Crippen LogP contribution in [0.3, 0.4) is 0 Å². The number of piperidine rings is 1. The van der Waals surface area contributed by atoms with E-state index in [1.165, 1.54) is 29.3 Å². The van der Waals surface area contributed by atoms with E-state index >= 15 is 0 Å². The van der Waals surface area contributed by atoms with Gasteiger partial charge in [0.1, 0.15) is 22.5 Å². The monoisotopic (exact) mass is 929 g/mol. The van der Waals surface area contributed by atoms with Crippen molar-refractivity contribution in [1.29, 1.82) is 0 Å². The smallest absolute Gasteiger partial charge is 0.426 e. The molecular weight excluding hydrogens is 859 g/mol. The van der Waals surface area contributed by atoms with Crippen molar-refractivity contribution in [3.05, 3.63) is 45.9 Å². The largest absolute Gasteiger partial charge is 0.508 e. The quantitative estimate of drug-likeness (QED) is 0.0377. The molecule has 0 aliphatic carbocycles. The van der Waals surface area contributed by atoms with Crippen molar-refractivity contribution in [2.24, 2.45) is 17.8 Å². The molecule has 18 nitrogen and oxygen atoms in total. The molecule has 1 unspecified atom stereocenters. The second kappa shape index (κ2) is 27.2. The number of aromatic hydroxyl groups is 1. The summed E-state index contributed by atoms with van der Waals surface area (Å²) in [6.45, 7) is 14.7. The van der Waals surface area contributed by atoms with Gasteiger partial charge < -0.3 is 34.9 Å². The van der Waals surface area contributed by atoms with Gasteiger partial charge in [0.15, 0.2) is 12.8 Å². The van der Waals surface area contributed by atoms with E-state index in [0.717, 1.165) is 36.3 Å². The SMILES string of the molecule is CCCOC(=O)NNC(=O)[C@@H](C)C[C@H](Cc1ccc(O)cc1)NC(=O)c1csc([C@@H](C[C@H](C(C)C)N(COC(=O)CCC)C(=O)[C@@H](NC(=O)[C@H]2CCCCN2C)C(C)CC)OC(C)=O)n1. The molecule has 2 aromatic rings. The molecule has 7 atom stereocenters. The van der Waals surface area contributed by atoms with Crippen LogP contribution < -0.4 is 21.5 Å². The number of ether oxygens (including phenoxy) is 3. The molecule has 1 aromatic carbocycles. The first kappa shape index (κ1) is 54.0. The molecule has 1 saturated heterocycles. The molecular formula is C46H71N7O11S. The van der Waals surface area contributed by atoms with Gasteiger partial charge in [-0.25, -0.2) is 15.2 Å². The summed E-state index contributed by atoms with van der Waals surface area (Å²) in [7, 11) is 1.90. The third-order valence-corrected chi connectivity index (χ3v) is 12.4. The van der Waals surface area contributed by atoms with Crippen LogP contribution in [0.15, 0.2) is 29.6 Å². The van der Waals surface area contributed by atoms with E-state index in [4.69, 9.17) is 14.2 Å².